The van der Waals surface area contributed by atoms with Crippen molar-refractivity contribution in [2.45, 2.75) is 18.6 Å². The molecule has 0 radical (unpaired) electrons. The third-order valence-electron chi connectivity index (χ3n) is 4.83. The van der Waals surface area contributed by atoms with Crippen molar-refractivity contribution in [1.82, 2.24) is 10.1 Å². The van der Waals surface area contributed by atoms with E-state index in [1.807, 2.05) is 0 Å². The Morgan fingerprint density at radius 3 is 2.66 bits per heavy atom. The third kappa shape index (κ3) is 3.73. The summed E-state index contributed by atoms with van der Waals surface area (Å²) in [6, 6.07) is 9.60. The number of carbonyl (C=O) groups is 2. The van der Waals surface area contributed by atoms with E-state index in [4.69, 9.17) is 14.0 Å². The maximum absolute atomic E-state index is 14.5. The van der Waals surface area contributed by atoms with Crippen LogP contribution in [0.15, 0.2) is 40.9 Å². The predicted molar refractivity (Wildman–Crippen MR) is 95.5 cm³/mol. The Labute approximate surface area is 164 Å². The molecular weight excluding hydrogens is 388 g/mol. The fourth-order valence-corrected chi connectivity index (χ4v) is 3.54. The molecule has 0 bridgehead atoms. The zero-order valence-corrected chi connectivity index (χ0v) is 15.6. The Bertz CT molecular complexity index is 920. The van der Waals surface area contributed by atoms with Crippen LogP contribution in [0.3, 0.4) is 0 Å². The van der Waals surface area contributed by atoms with Crippen LogP contribution in [0.1, 0.15) is 16.2 Å². The summed E-state index contributed by atoms with van der Waals surface area (Å²) in [6.07, 6.45) is -4.06. The molecule has 3 heterocycles. The van der Waals surface area contributed by atoms with Gasteiger partial charge in [-0.15, -0.1) is 0 Å². The number of rotatable bonds is 2. The standard InChI is InChI=1S/C19H19F2N3O5/c1-13-9-15(28-22-13)16(25)23-7-8-27-12-18(10-23)11-24(14-5-3-2-4-6-14)17(26)19(20,21)29-18/h2-6,9H,7-8,10-12H2,1H3. The number of morpholine rings is 1. The number of halogens is 2. The van der Waals surface area contributed by atoms with E-state index in [0.717, 1.165) is 4.90 Å². The molecule has 8 nitrogen and oxygen atoms in total. The molecule has 2 aromatic rings. The van der Waals surface area contributed by atoms with Crippen molar-refractivity contribution < 1.29 is 32.4 Å². The van der Waals surface area contributed by atoms with Gasteiger partial charge in [0, 0.05) is 18.3 Å². The number of para-hydroxylation sites is 1. The number of amides is 2. The molecule has 1 atom stereocenters. The number of hydrogen-bond acceptors (Lipinski definition) is 6. The van der Waals surface area contributed by atoms with Gasteiger partial charge in [-0.05, 0) is 19.1 Å². The first-order chi connectivity index (χ1) is 13.8. The zero-order chi connectivity index (χ0) is 20.6. The molecule has 2 aliphatic rings. The summed E-state index contributed by atoms with van der Waals surface area (Å²) < 4.78 is 44.6. The fraction of sp³-hybridized carbons (Fsp3) is 0.421. The first-order valence-corrected chi connectivity index (χ1v) is 9.05. The Morgan fingerprint density at radius 1 is 1.21 bits per heavy atom. The Balaban J connectivity index is 1.65. The number of anilines is 1. The van der Waals surface area contributed by atoms with E-state index in [2.05, 4.69) is 5.16 Å². The van der Waals surface area contributed by atoms with Crippen molar-refractivity contribution >= 4 is 17.5 Å². The molecule has 1 aromatic heterocycles. The summed E-state index contributed by atoms with van der Waals surface area (Å²) in [6.45, 7) is 1.38. The van der Waals surface area contributed by atoms with Crippen LogP contribution in [-0.2, 0) is 14.3 Å². The van der Waals surface area contributed by atoms with Crippen LogP contribution in [0, 0.1) is 6.92 Å². The van der Waals surface area contributed by atoms with Crippen LogP contribution in [0.2, 0.25) is 0 Å². The summed E-state index contributed by atoms with van der Waals surface area (Å²) >= 11 is 0. The lowest BCUT2D eigenvalue weighted by Gasteiger charge is -2.45. The minimum absolute atomic E-state index is 0.00175. The molecule has 0 saturated carbocycles. The van der Waals surface area contributed by atoms with Gasteiger partial charge in [0.05, 0.1) is 32.0 Å². The maximum Gasteiger partial charge on any atom is 0.437 e. The highest BCUT2D eigenvalue weighted by Crippen LogP contribution is 2.37. The van der Waals surface area contributed by atoms with Gasteiger partial charge in [0.15, 0.2) is 0 Å². The number of alkyl halides is 2. The van der Waals surface area contributed by atoms with Crippen LogP contribution in [-0.4, -0.2) is 66.4 Å². The molecule has 4 rings (SSSR count). The number of carbonyl (C=O) groups excluding carboxylic acids is 2. The van der Waals surface area contributed by atoms with Crippen LogP contribution in [0.25, 0.3) is 0 Å². The zero-order valence-electron chi connectivity index (χ0n) is 15.6. The topological polar surface area (TPSA) is 85.1 Å². The highest BCUT2D eigenvalue weighted by molar-refractivity contribution is 5.98. The molecule has 2 fully saturated rings. The highest BCUT2D eigenvalue weighted by Gasteiger charge is 2.58. The number of aryl methyl sites for hydroxylation is 1. The van der Waals surface area contributed by atoms with E-state index in [-0.39, 0.29) is 38.6 Å². The normalized spacial score (nSPS) is 24.6. The molecule has 1 aromatic carbocycles. The molecule has 0 N–H and O–H groups in total. The lowest BCUT2D eigenvalue weighted by molar-refractivity contribution is -0.293. The molecule has 10 heteroatoms. The lowest BCUT2D eigenvalue weighted by atomic mass is 10.00. The Hall–Kier alpha value is -2.85. The lowest BCUT2D eigenvalue weighted by Crippen LogP contribution is -2.66. The summed E-state index contributed by atoms with van der Waals surface area (Å²) in [5.41, 5.74) is -0.766. The van der Waals surface area contributed by atoms with Gasteiger partial charge in [-0.25, -0.2) is 0 Å². The smallest absolute Gasteiger partial charge is 0.376 e. The monoisotopic (exact) mass is 407 g/mol. The van der Waals surface area contributed by atoms with Crippen molar-refractivity contribution in [3.63, 3.8) is 0 Å². The minimum atomic E-state index is -4.06. The summed E-state index contributed by atoms with van der Waals surface area (Å²) in [5, 5.41) is 3.69. The molecule has 1 unspecified atom stereocenters. The first kappa shape index (κ1) is 19.5. The molecule has 1 spiro atoms. The second-order valence-electron chi connectivity index (χ2n) is 7.14. The van der Waals surface area contributed by atoms with E-state index in [1.54, 1.807) is 37.3 Å². The maximum atomic E-state index is 14.5. The number of hydrogen-bond donors (Lipinski definition) is 0. The van der Waals surface area contributed by atoms with Crippen LogP contribution < -0.4 is 4.90 Å². The number of ether oxygens (including phenoxy) is 2. The van der Waals surface area contributed by atoms with E-state index in [0.29, 0.717) is 11.4 Å². The van der Waals surface area contributed by atoms with Gasteiger partial charge < -0.3 is 19.1 Å². The largest absolute Gasteiger partial charge is 0.437 e. The van der Waals surface area contributed by atoms with Crippen molar-refractivity contribution in [3.8, 4) is 0 Å². The van der Waals surface area contributed by atoms with Crippen LogP contribution in [0.4, 0.5) is 14.5 Å². The average molecular weight is 407 g/mol. The number of nitrogens with zero attached hydrogens (tertiary/aromatic N) is 3. The summed E-state index contributed by atoms with van der Waals surface area (Å²) in [5.74, 6) is -1.97. The predicted octanol–water partition coefficient (Wildman–Crippen LogP) is 1.85. The van der Waals surface area contributed by atoms with Gasteiger partial charge in [0.1, 0.15) is 5.60 Å². The van der Waals surface area contributed by atoms with Gasteiger partial charge in [-0.3, -0.25) is 14.3 Å². The molecule has 2 amide bonds. The highest BCUT2D eigenvalue weighted by atomic mass is 19.3. The fourth-order valence-electron chi connectivity index (χ4n) is 3.54. The second kappa shape index (κ2) is 7.20. The van der Waals surface area contributed by atoms with Crippen LogP contribution in [0.5, 0.6) is 0 Å². The number of aromatic nitrogens is 1. The minimum Gasteiger partial charge on any atom is -0.376 e. The molecule has 2 aliphatic heterocycles. The first-order valence-electron chi connectivity index (χ1n) is 9.05. The second-order valence-corrected chi connectivity index (χ2v) is 7.14. The van der Waals surface area contributed by atoms with Crippen molar-refractivity contribution in [3.05, 3.63) is 47.9 Å². The van der Waals surface area contributed by atoms with Crippen molar-refractivity contribution in [2.75, 3.05) is 37.7 Å². The van der Waals surface area contributed by atoms with Gasteiger partial charge in [-0.1, -0.05) is 23.4 Å². The molecule has 154 valence electrons. The Kier molecular flexibility index (Phi) is 4.83. The van der Waals surface area contributed by atoms with Gasteiger partial charge in [0.25, 0.3) is 5.91 Å². The molecular formula is C19H19F2N3O5. The molecule has 0 aliphatic carbocycles. The van der Waals surface area contributed by atoms with E-state index in [1.165, 1.54) is 11.0 Å². The Morgan fingerprint density at radius 2 is 1.97 bits per heavy atom. The molecule has 29 heavy (non-hydrogen) atoms. The van der Waals surface area contributed by atoms with Crippen molar-refractivity contribution in [1.29, 1.82) is 0 Å². The third-order valence-corrected chi connectivity index (χ3v) is 4.83. The van der Waals surface area contributed by atoms with E-state index >= 15 is 0 Å². The van der Waals surface area contributed by atoms with Crippen molar-refractivity contribution in [2.24, 2.45) is 0 Å². The van der Waals surface area contributed by atoms with Gasteiger partial charge in [0.2, 0.25) is 5.76 Å². The van der Waals surface area contributed by atoms with E-state index < -0.39 is 23.5 Å². The summed E-state index contributed by atoms with van der Waals surface area (Å²) in [4.78, 5) is 27.4. The quantitative estimate of drug-likeness (QED) is 0.756. The van der Waals surface area contributed by atoms with Gasteiger partial charge >= 0.3 is 12.0 Å². The molecule has 2 saturated heterocycles. The van der Waals surface area contributed by atoms with E-state index in [9.17, 15) is 18.4 Å². The average Bonchev–Trinajstić information content (AvgIpc) is 3.03. The summed E-state index contributed by atoms with van der Waals surface area (Å²) in [7, 11) is 0. The SMILES string of the molecule is Cc1cc(C(=O)N2CCOCC3(C2)CN(c2ccccc2)C(=O)C(F)(F)O3)on1. The van der Waals surface area contributed by atoms with Crippen LogP contribution >= 0.6 is 0 Å². The van der Waals surface area contributed by atoms with Gasteiger partial charge in [-0.2, -0.15) is 8.78 Å². The number of benzene rings is 1.